The van der Waals surface area contributed by atoms with E-state index in [1.807, 2.05) is 6.07 Å². The second-order valence-corrected chi connectivity index (χ2v) is 7.10. The molecule has 2 fully saturated rings. The van der Waals surface area contributed by atoms with Crippen LogP contribution in [-0.2, 0) is 4.79 Å². The molecule has 0 spiro atoms. The van der Waals surface area contributed by atoms with Gasteiger partial charge >= 0.3 is 0 Å². The normalized spacial score (nSPS) is 17.5. The molecule has 4 rings (SSSR count). The number of hydrogen-bond acceptors (Lipinski definition) is 5. The van der Waals surface area contributed by atoms with E-state index in [9.17, 15) is 9.18 Å². The number of carbonyl (C=O) groups is 1. The predicted octanol–water partition coefficient (Wildman–Crippen LogP) is 2.58. The molecule has 2 aliphatic heterocycles. The van der Waals surface area contributed by atoms with Crippen molar-refractivity contribution in [2.45, 2.75) is 12.8 Å². The van der Waals surface area contributed by atoms with Gasteiger partial charge in [0.1, 0.15) is 23.8 Å². The average Bonchev–Trinajstić information content (AvgIpc) is 3.28. The van der Waals surface area contributed by atoms with Crippen LogP contribution in [0.15, 0.2) is 42.7 Å². The number of halogens is 1. The lowest BCUT2D eigenvalue weighted by atomic mass is 10.2. The molecular weight excluding hydrogens is 357 g/mol. The molecule has 0 atom stereocenters. The van der Waals surface area contributed by atoms with Crippen molar-refractivity contribution >= 4 is 23.6 Å². The van der Waals surface area contributed by atoms with Crippen LogP contribution in [0.3, 0.4) is 0 Å². The van der Waals surface area contributed by atoms with Gasteiger partial charge in [-0.2, -0.15) is 0 Å². The minimum absolute atomic E-state index is 0.0941. The third-order valence-corrected chi connectivity index (χ3v) is 5.29. The summed E-state index contributed by atoms with van der Waals surface area (Å²) in [6, 6.07) is 8.48. The van der Waals surface area contributed by atoms with Crippen molar-refractivity contribution < 1.29 is 9.18 Å². The van der Waals surface area contributed by atoms with Crippen LogP contribution < -0.4 is 9.80 Å². The number of anilines is 2. The molecule has 0 bridgehead atoms. The Bertz CT molecular complexity index is 857. The molecular formula is C21H24FN5O. The van der Waals surface area contributed by atoms with Gasteiger partial charge in [-0.1, -0.05) is 18.2 Å². The summed E-state index contributed by atoms with van der Waals surface area (Å²) in [4.78, 5) is 27.5. The average molecular weight is 381 g/mol. The van der Waals surface area contributed by atoms with E-state index in [2.05, 4.69) is 19.8 Å². The summed E-state index contributed by atoms with van der Waals surface area (Å²) in [5, 5.41) is 0. The summed E-state index contributed by atoms with van der Waals surface area (Å²) in [5.74, 6) is 1.47. The van der Waals surface area contributed by atoms with E-state index >= 15 is 0 Å². The van der Waals surface area contributed by atoms with Gasteiger partial charge in [0.15, 0.2) is 0 Å². The fourth-order valence-corrected chi connectivity index (χ4v) is 3.66. The lowest BCUT2D eigenvalue weighted by Gasteiger charge is -2.35. The monoisotopic (exact) mass is 381 g/mol. The first kappa shape index (κ1) is 18.4. The van der Waals surface area contributed by atoms with Gasteiger partial charge in [0.25, 0.3) is 0 Å². The quantitative estimate of drug-likeness (QED) is 0.762. The highest BCUT2D eigenvalue weighted by molar-refractivity contribution is 5.92. The van der Waals surface area contributed by atoms with Crippen LogP contribution in [0.25, 0.3) is 6.08 Å². The SMILES string of the molecule is O=C(/C=C/c1ccccc1F)N1CCN(c2cc(N3CCCC3)ncn2)CC1. The maximum atomic E-state index is 13.7. The second-order valence-electron chi connectivity index (χ2n) is 7.10. The molecule has 146 valence electrons. The highest BCUT2D eigenvalue weighted by Gasteiger charge is 2.22. The zero-order valence-corrected chi connectivity index (χ0v) is 15.8. The molecule has 3 heterocycles. The molecule has 2 aliphatic rings. The zero-order valence-electron chi connectivity index (χ0n) is 15.8. The van der Waals surface area contributed by atoms with Gasteiger partial charge in [-0.15, -0.1) is 0 Å². The van der Waals surface area contributed by atoms with Crippen molar-refractivity contribution in [2.24, 2.45) is 0 Å². The minimum atomic E-state index is -0.325. The van der Waals surface area contributed by atoms with E-state index < -0.39 is 0 Å². The van der Waals surface area contributed by atoms with E-state index in [1.54, 1.807) is 29.4 Å². The topological polar surface area (TPSA) is 52.6 Å². The highest BCUT2D eigenvalue weighted by atomic mass is 19.1. The molecule has 1 aromatic carbocycles. The molecule has 0 unspecified atom stereocenters. The van der Waals surface area contributed by atoms with Crippen LogP contribution in [0.4, 0.5) is 16.0 Å². The molecule has 28 heavy (non-hydrogen) atoms. The van der Waals surface area contributed by atoms with Crippen LogP contribution in [0.1, 0.15) is 18.4 Å². The number of nitrogens with zero attached hydrogens (tertiary/aromatic N) is 5. The van der Waals surface area contributed by atoms with Gasteiger partial charge in [-0.3, -0.25) is 4.79 Å². The number of hydrogen-bond donors (Lipinski definition) is 0. The van der Waals surface area contributed by atoms with Gasteiger partial charge in [0.2, 0.25) is 5.91 Å². The van der Waals surface area contributed by atoms with Crippen molar-refractivity contribution in [3.63, 3.8) is 0 Å². The van der Waals surface area contributed by atoms with E-state index in [4.69, 9.17) is 0 Å². The van der Waals surface area contributed by atoms with Crippen LogP contribution in [0.5, 0.6) is 0 Å². The van der Waals surface area contributed by atoms with Gasteiger partial charge < -0.3 is 14.7 Å². The van der Waals surface area contributed by atoms with E-state index in [0.717, 1.165) is 37.8 Å². The summed E-state index contributed by atoms with van der Waals surface area (Å²) >= 11 is 0. The molecule has 0 N–H and O–H groups in total. The molecule has 7 heteroatoms. The largest absolute Gasteiger partial charge is 0.356 e. The molecule has 1 aromatic heterocycles. The van der Waals surface area contributed by atoms with E-state index in [-0.39, 0.29) is 11.7 Å². The van der Waals surface area contributed by atoms with E-state index in [0.29, 0.717) is 18.7 Å². The molecule has 0 saturated carbocycles. The number of benzene rings is 1. The summed E-state index contributed by atoms with van der Waals surface area (Å²) in [6.07, 6.45) is 7.03. The van der Waals surface area contributed by atoms with E-state index in [1.165, 1.54) is 31.1 Å². The Balaban J connectivity index is 1.35. The Morgan fingerprint density at radius 2 is 1.57 bits per heavy atom. The first-order chi connectivity index (χ1) is 13.7. The maximum Gasteiger partial charge on any atom is 0.246 e. The van der Waals surface area contributed by atoms with Crippen molar-refractivity contribution in [1.29, 1.82) is 0 Å². The van der Waals surface area contributed by atoms with Crippen LogP contribution >= 0.6 is 0 Å². The molecule has 2 saturated heterocycles. The van der Waals surface area contributed by atoms with Crippen molar-refractivity contribution in [3.05, 3.63) is 54.1 Å². The number of amides is 1. The lowest BCUT2D eigenvalue weighted by molar-refractivity contribution is -0.126. The van der Waals surface area contributed by atoms with Crippen LogP contribution in [0.2, 0.25) is 0 Å². The number of carbonyl (C=O) groups excluding carboxylic acids is 1. The summed E-state index contributed by atoms with van der Waals surface area (Å²) < 4.78 is 13.7. The van der Waals surface area contributed by atoms with Crippen molar-refractivity contribution in [3.8, 4) is 0 Å². The fourth-order valence-electron chi connectivity index (χ4n) is 3.66. The zero-order chi connectivity index (χ0) is 19.3. The predicted molar refractivity (Wildman–Crippen MR) is 108 cm³/mol. The van der Waals surface area contributed by atoms with Crippen molar-refractivity contribution in [1.82, 2.24) is 14.9 Å². The Hall–Kier alpha value is -2.96. The summed E-state index contributed by atoms with van der Waals surface area (Å²) in [5.41, 5.74) is 0.421. The maximum absolute atomic E-state index is 13.7. The fraction of sp³-hybridized carbons (Fsp3) is 0.381. The third kappa shape index (κ3) is 4.13. The van der Waals surface area contributed by atoms with Gasteiger partial charge in [0.05, 0.1) is 0 Å². The standard InChI is InChI=1S/C21H24FN5O/c22-18-6-2-1-5-17(18)7-8-21(28)27-13-11-26(12-14-27)20-15-19(23-16-24-20)25-9-3-4-10-25/h1-2,5-8,15-16H,3-4,9-14H2/b8-7+. The van der Waals surface area contributed by atoms with Gasteiger partial charge in [-0.25, -0.2) is 14.4 Å². The third-order valence-electron chi connectivity index (χ3n) is 5.29. The Morgan fingerprint density at radius 3 is 2.25 bits per heavy atom. The van der Waals surface area contributed by atoms with Crippen LogP contribution in [0, 0.1) is 5.82 Å². The van der Waals surface area contributed by atoms with Crippen LogP contribution in [-0.4, -0.2) is 60.0 Å². The number of rotatable bonds is 4. The Labute approximate surface area is 164 Å². The molecule has 6 nitrogen and oxygen atoms in total. The number of piperazine rings is 1. The van der Waals surface area contributed by atoms with Gasteiger partial charge in [-0.05, 0) is 25.0 Å². The summed E-state index contributed by atoms with van der Waals surface area (Å²) in [7, 11) is 0. The highest BCUT2D eigenvalue weighted by Crippen LogP contribution is 2.22. The second kappa shape index (κ2) is 8.37. The number of aromatic nitrogens is 2. The smallest absolute Gasteiger partial charge is 0.246 e. The minimum Gasteiger partial charge on any atom is -0.356 e. The first-order valence-corrected chi connectivity index (χ1v) is 9.74. The lowest BCUT2D eigenvalue weighted by Crippen LogP contribution is -2.48. The first-order valence-electron chi connectivity index (χ1n) is 9.74. The van der Waals surface area contributed by atoms with Crippen molar-refractivity contribution in [2.75, 3.05) is 49.1 Å². The molecule has 1 amide bonds. The Kier molecular flexibility index (Phi) is 5.50. The Morgan fingerprint density at radius 1 is 0.929 bits per heavy atom. The van der Waals surface area contributed by atoms with Gasteiger partial charge in [0, 0.05) is 57.0 Å². The molecule has 0 radical (unpaired) electrons. The summed E-state index contributed by atoms with van der Waals surface area (Å²) in [6.45, 7) is 4.76. The molecule has 2 aromatic rings. The molecule has 0 aliphatic carbocycles.